The molecule has 1 amide bonds. The first kappa shape index (κ1) is 15.3. The van der Waals surface area contributed by atoms with Crippen LogP contribution in [0, 0.1) is 11.8 Å². The molecule has 0 aliphatic carbocycles. The third kappa shape index (κ3) is 3.40. The largest absolute Gasteiger partial charge is 0.445 e. The minimum atomic E-state index is -0.416. The summed E-state index contributed by atoms with van der Waals surface area (Å²) in [7, 11) is 0. The van der Waals surface area contributed by atoms with Crippen molar-refractivity contribution >= 4 is 6.09 Å². The Morgan fingerprint density at radius 3 is 2.59 bits per heavy atom. The zero-order valence-corrected chi connectivity index (χ0v) is 12.4. The van der Waals surface area contributed by atoms with Gasteiger partial charge in [0.1, 0.15) is 6.61 Å². The van der Waals surface area contributed by atoms with Crippen molar-refractivity contribution in [2.45, 2.75) is 18.8 Å². The van der Waals surface area contributed by atoms with Crippen LogP contribution in [0.3, 0.4) is 0 Å². The van der Waals surface area contributed by atoms with E-state index >= 15 is 0 Å². The zero-order chi connectivity index (χ0) is 15.4. The number of carbonyl (C=O) groups is 1. The number of hydrogen-bond donors (Lipinski definition) is 2. The van der Waals surface area contributed by atoms with Crippen molar-refractivity contribution in [3.63, 3.8) is 0 Å². The van der Waals surface area contributed by atoms with E-state index in [-0.39, 0.29) is 30.7 Å². The molecular formula is C16H22N2O4. The summed E-state index contributed by atoms with van der Waals surface area (Å²) in [4.78, 5) is 11.8. The van der Waals surface area contributed by atoms with Crippen molar-refractivity contribution in [1.29, 1.82) is 0 Å². The standard InChI is InChI=1S/C16H22N2O4/c17-6-12-9-20-15-13(10-21-14(12)15)7-18-16(19)22-8-11-4-2-1-3-5-11/h1-5,12-15H,6-10,17H2,(H,18,19)/t12-,13-,14+,15+/m0/s1. The molecule has 2 saturated heterocycles. The third-order valence-corrected chi connectivity index (χ3v) is 4.28. The van der Waals surface area contributed by atoms with Crippen LogP contribution < -0.4 is 11.1 Å². The molecule has 2 aliphatic heterocycles. The van der Waals surface area contributed by atoms with Crippen LogP contribution in [-0.4, -0.2) is 44.6 Å². The first-order chi connectivity index (χ1) is 10.8. The molecule has 2 aliphatic rings. The van der Waals surface area contributed by atoms with Crippen LogP contribution in [0.2, 0.25) is 0 Å². The van der Waals surface area contributed by atoms with Crippen LogP contribution in [0.15, 0.2) is 30.3 Å². The topological polar surface area (TPSA) is 82.8 Å². The summed E-state index contributed by atoms with van der Waals surface area (Å²) in [6, 6.07) is 9.59. The highest BCUT2D eigenvalue weighted by Crippen LogP contribution is 2.33. The first-order valence-corrected chi connectivity index (χ1v) is 7.65. The van der Waals surface area contributed by atoms with Crippen LogP contribution in [-0.2, 0) is 20.8 Å². The van der Waals surface area contributed by atoms with E-state index in [0.717, 1.165) is 5.56 Å². The molecule has 22 heavy (non-hydrogen) atoms. The lowest BCUT2D eigenvalue weighted by Crippen LogP contribution is -2.36. The van der Waals surface area contributed by atoms with Crippen molar-refractivity contribution in [1.82, 2.24) is 5.32 Å². The Hall–Kier alpha value is -1.63. The van der Waals surface area contributed by atoms with Gasteiger partial charge < -0.3 is 25.3 Å². The molecule has 6 nitrogen and oxygen atoms in total. The minimum Gasteiger partial charge on any atom is -0.445 e. The van der Waals surface area contributed by atoms with Gasteiger partial charge in [-0.15, -0.1) is 0 Å². The van der Waals surface area contributed by atoms with Gasteiger partial charge in [0.15, 0.2) is 0 Å². The maximum absolute atomic E-state index is 11.8. The van der Waals surface area contributed by atoms with E-state index in [1.165, 1.54) is 0 Å². The Labute approximate surface area is 129 Å². The predicted molar refractivity (Wildman–Crippen MR) is 80.1 cm³/mol. The molecule has 2 fully saturated rings. The molecule has 6 heteroatoms. The summed E-state index contributed by atoms with van der Waals surface area (Å²) in [5.74, 6) is 0.422. The van der Waals surface area contributed by atoms with E-state index in [1.807, 2.05) is 30.3 Å². The molecule has 1 aromatic carbocycles. The number of amides is 1. The summed E-state index contributed by atoms with van der Waals surface area (Å²) < 4.78 is 16.7. The predicted octanol–water partition coefficient (Wildman–Crippen LogP) is 0.901. The van der Waals surface area contributed by atoms with Crippen molar-refractivity contribution in [3.8, 4) is 0 Å². The highest BCUT2D eigenvalue weighted by molar-refractivity contribution is 5.67. The highest BCUT2D eigenvalue weighted by Gasteiger charge is 2.46. The van der Waals surface area contributed by atoms with Gasteiger partial charge in [-0.1, -0.05) is 30.3 Å². The lowest BCUT2D eigenvalue weighted by atomic mass is 9.96. The van der Waals surface area contributed by atoms with Crippen molar-refractivity contribution in [3.05, 3.63) is 35.9 Å². The van der Waals surface area contributed by atoms with Gasteiger partial charge in [0.2, 0.25) is 0 Å². The Bertz CT molecular complexity index is 496. The molecule has 0 aromatic heterocycles. The molecule has 3 rings (SSSR count). The summed E-state index contributed by atoms with van der Waals surface area (Å²) in [5, 5.41) is 2.79. The van der Waals surface area contributed by atoms with Gasteiger partial charge in [0.05, 0.1) is 25.4 Å². The number of ether oxygens (including phenoxy) is 3. The maximum atomic E-state index is 11.8. The molecule has 2 heterocycles. The van der Waals surface area contributed by atoms with Crippen LogP contribution in [0.25, 0.3) is 0 Å². The molecule has 1 aromatic rings. The van der Waals surface area contributed by atoms with Crippen LogP contribution in [0.4, 0.5) is 4.79 Å². The van der Waals surface area contributed by atoms with Crippen LogP contribution >= 0.6 is 0 Å². The fourth-order valence-corrected chi connectivity index (χ4v) is 3.02. The summed E-state index contributed by atoms with van der Waals surface area (Å²) in [6.07, 6.45) is -0.319. The van der Waals surface area contributed by atoms with E-state index in [9.17, 15) is 4.79 Å². The number of carbonyl (C=O) groups excluding carboxylic acids is 1. The fraction of sp³-hybridized carbons (Fsp3) is 0.562. The third-order valence-electron chi connectivity index (χ3n) is 4.28. The molecule has 120 valence electrons. The smallest absolute Gasteiger partial charge is 0.407 e. The molecule has 3 N–H and O–H groups in total. The SMILES string of the molecule is NC[C@H]1CO[C@@H]2[C@@H](CNC(=O)OCc3ccccc3)CO[C@H]12. The first-order valence-electron chi connectivity index (χ1n) is 7.65. The fourth-order valence-electron chi connectivity index (χ4n) is 3.02. The second-order valence-corrected chi connectivity index (χ2v) is 5.79. The quantitative estimate of drug-likeness (QED) is 0.844. The Morgan fingerprint density at radius 2 is 1.86 bits per heavy atom. The zero-order valence-electron chi connectivity index (χ0n) is 12.4. The number of alkyl carbamates (subject to hydrolysis) is 1. The molecule has 0 unspecified atom stereocenters. The summed E-state index contributed by atoms with van der Waals surface area (Å²) in [6.45, 7) is 2.56. The molecule has 0 saturated carbocycles. The van der Waals surface area contributed by atoms with Gasteiger partial charge in [0, 0.05) is 18.4 Å². The minimum absolute atomic E-state index is 0.0305. The van der Waals surface area contributed by atoms with E-state index in [2.05, 4.69) is 5.32 Å². The number of nitrogens with one attached hydrogen (secondary N) is 1. The number of fused-ring (bicyclic) bond motifs is 1. The summed E-state index contributed by atoms with van der Waals surface area (Å²) in [5.41, 5.74) is 6.67. The van der Waals surface area contributed by atoms with E-state index in [1.54, 1.807) is 0 Å². The van der Waals surface area contributed by atoms with E-state index < -0.39 is 6.09 Å². The van der Waals surface area contributed by atoms with Crippen LogP contribution in [0.5, 0.6) is 0 Å². The Morgan fingerprint density at radius 1 is 1.18 bits per heavy atom. The van der Waals surface area contributed by atoms with E-state index in [0.29, 0.717) is 26.3 Å². The van der Waals surface area contributed by atoms with Gasteiger partial charge in [0.25, 0.3) is 0 Å². The monoisotopic (exact) mass is 306 g/mol. The highest BCUT2D eigenvalue weighted by atomic mass is 16.6. The van der Waals surface area contributed by atoms with Gasteiger partial charge in [-0.05, 0) is 12.1 Å². The summed E-state index contributed by atoms with van der Waals surface area (Å²) >= 11 is 0. The molecule has 0 radical (unpaired) electrons. The lowest BCUT2D eigenvalue weighted by molar-refractivity contribution is 0.0605. The normalized spacial score (nSPS) is 30.0. The second kappa shape index (κ2) is 7.09. The molecular weight excluding hydrogens is 284 g/mol. The number of rotatable bonds is 5. The number of hydrogen-bond acceptors (Lipinski definition) is 5. The Kier molecular flexibility index (Phi) is 4.92. The van der Waals surface area contributed by atoms with Gasteiger partial charge in [-0.2, -0.15) is 0 Å². The average Bonchev–Trinajstić information content (AvgIpc) is 3.13. The Balaban J connectivity index is 1.40. The van der Waals surface area contributed by atoms with Crippen molar-refractivity contribution in [2.75, 3.05) is 26.3 Å². The van der Waals surface area contributed by atoms with Gasteiger partial charge in [-0.3, -0.25) is 0 Å². The number of benzene rings is 1. The van der Waals surface area contributed by atoms with Gasteiger partial charge >= 0.3 is 6.09 Å². The average molecular weight is 306 g/mol. The maximum Gasteiger partial charge on any atom is 0.407 e. The lowest BCUT2D eigenvalue weighted by Gasteiger charge is -2.16. The van der Waals surface area contributed by atoms with Gasteiger partial charge in [-0.25, -0.2) is 4.79 Å². The van der Waals surface area contributed by atoms with E-state index in [4.69, 9.17) is 19.9 Å². The molecule has 0 bridgehead atoms. The van der Waals surface area contributed by atoms with Crippen molar-refractivity contribution in [2.24, 2.45) is 17.6 Å². The van der Waals surface area contributed by atoms with Crippen molar-refractivity contribution < 1.29 is 19.0 Å². The van der Waals surface area contributed by atoms with Crippen LogP contribution in [0.1, 0.15) is 5.56 Å². The number of nitrogens with two attached hydrogens (primary N) is 1. The molecule has 0 spiro atoms. The second-order valence-electron chi connectivity index (χ2n) is 5.79. The molecule has 4 atom stereocenters.